The monoisotopic (exact) mass is 685 g/mol. The number of hydrogen-bond donors (Lipinski definition) is 1. The van der Waals surface area contributed by atoms with Crippen LogP contribution in [0.5, 0.6) is 0 Å². The maximum Gasteiger partial charge on any atom is 0.170 e. The van der Waals surface area contributed by atoms with Gasteiger partial charge < -0.3 is 29.0 Å². The summed E-state index contributed by atoms with van der Waals surface area (Å²) in [6.45, 7) is 26.8. The zero-order valence-corrected chi connectivity index (χ0v) is 32.9. The third-order valence-corrected chi connectivity index (χ3v) is 17.8. The van der Waals surface area contributed by atoms with Gasteiger partial charge in [-0.05, 0) is 151 Å². The molecule has 5 saturated carbocycles. The molecule has 0 bridgehead atoms. The second-order valence-electron chi connectivity index (χ2n) is 20.6. The summed E-state index contributed by atoms with van der Waals surface area (Å²) in [5.41, 5.74) is 0.761. The Balaban J connectivity index is 0.967. The number of morpholine rings is 1. The Morgan fingerprint density at radius 2 is 1.63 bits per heavy atom. The lowest BCUT2D eigenvalue weighted by atomic mass is 9.46. The Labute approximate surface area is 298 Å². The van der Waals surface area contributed by atoms with Gasteiger partial charge in [0.2, 0.25) is 0 Å². The molecule has 0 aromatic rings. The molecule has 0 aromatic carbocycles. The number of fused-ring (bicyclic) bond motifs is 4. The van der Waals surface area contributed by atoms with Crippen LogP contribution in [-0.4, -0.2) is 103 Å². The molecular weight excluding hydrogens is 612 g/mol. The van der Waals surface area contributed by atoms with Crippen LogP contribution in [0.2, 0.25) is 0 Å². The van der Waals surface area contributed by atoms with Crippen LogP contribution in [0.25, 0.3) is 0 Å². The van der Waals surface area contributed by atoms with Crippen molar-refractivity contribution in [1.82, 2.24) is 9.80 Å². The lowest BCUT2D eigenvalue weighted by Crippen LogP contribution is -2.64. The van der Waals surface area contributed by atoms with Crippen LogP contribution in [0.15, 0.2) is 0 Å². The van der Waals surface area contributed by atoms with Gasteiger partial charge in [0.15, 0.2) is 6.29 Å². The first kappa shape index (κ1) is 35.7. The Hall–Kier alpha value is -0.280. The largest absolute Gasteiger partial charge is 0.388 e. The predicted octanol–water partition coefficient (Wildman–Crippen LogP) is 7.00. The quantitative estimate of drug-likeness (QED) is 0.296. The molecule has 2 spiro atoms. The molecule has 0 radical (unpaired) electrons. The van der Waals surface area contributed by atoms with E-state index in [1.807, 2.05) is 20.8 Å². The SMILES string of the molecule is CCOC(C1CCC2C(CC3C4CCC5C(C)(C)C(OC6CN(C(C)(C)C7CN(C)C7)CCO6)CCC56C(C)C46CCC23C)O1)C(C)(C)O. The number of rotatable bonds is 8. The van der Waals surface area contributed by atoms with Crippen molar-refractivity contribution in [3.05, 3.63) is 0 Å². The van der Waals surface area contributed by atoms with Gasteiger partial charge in [-0.1, -0.05) is 27.7 Å². The third-order valence-electron chi connectivity index (χ3n) is 17.8. The number of nitrogens with zero attached hydrogens (tertiary/aromatic N) is 2. The minimum absolute atomic E-state index is 0.0110. The summed E-state index contributed by atoms with van der Waals surface area (Å²) < 4.78 is 26.6. The average molecular weight is 685 g/mol. The zero-order valence-electron chi connectivity index (χ0n) is 32.9. The third kappa shape index (κ3) is 5.04. The van der Waals surface area contributed by atoms with E-state index in [0.717, 1.165) is 55.7 Å². The van der Waals surface area contributed by atoms with Crippen molar-refractivity contribution in [2.45, 2.75) is 162 Å². The predicted molar refractivity (Wildman–Crippen MR) is 193 cm³/mol. The second-order valence-corrected chi connectivity index (χ2v) is 20.6. The smallest absolute Gasteiger partial charge is 0.170 e. The molecule has 13 atom stereocenters. The maximum absolute atomic E-state index is 11.0. The minimum Gasteiger partial charge on any atom is -0.388 e. The maximum atomic E-state index is 11.0. The van der Waals surface area contributed by atoms with Gasteiger partial charge in [0, 0.05) is 37.7 Å². The zero-order chi connectivity index (χ0) is 34.9. The molecule has 7 nitrogen and oxygen atoms in total. The molecular formula is C42H72N2O5. The summed E-state index contributed by atoms with van der Waals surface area (Å²) in [7, 11) is 2.24. The summed E-state index contributed by atoms with van der Waals surface area (Å²) in [6, 6.07) is 0. The van der Waals surface area contributed by atoms with Crippen molar-refractivity contribution in [3.63, 3.8) is 0 Å². The van der Waals surface area contributed by atoms with E-state index in [4.69, 9.17) is 18.9 Å². The molecule has 0 amide bonds. The molecule has 8 rings (SSSR count). The van der Waals surface area contributed by atoms with Crippen molar-refractivity contribution in [1.29, 1.82) is 0 Å². The van der Waals surface area contributed by atoms with E-state index in [1.165, 1.54) is 64.5 Å². The molecule has 5 aliphatic carbocycles. The Morgan fingerprint density at radius 1 is 0.898 bits per heavy atom. The van der Waals surface area contributed by atoms with E-state index in [2.05, 4.69) is 58.4 Å². The molecule has 8 aliphatic rings. The minimum atomic E-state index is -0.900. The van der Waals surface area contributed by atoms with Gasteiger partial charge in [-0.3, -0.25) is 4.90 Å². The lowest BCUT2D eigenvalue weighted by Gasteiger charge is -2.60. The molecule has 0 aromatic heterocycles. The van der Waals surface area contributed by atoms with E-state index in [0.29, 0.717) is 34.9 Å². The number of aliphatic hydroxyl groups is 1. The molecule has 1 N–H and O–H groups in total. The Kier molecular flexibility index (Phi) is 8.65. The Bertz CT molecular complexity index is 1240. The van der Waals surface area contributed by atoms with Crippen LogP contribution in [-0.2, 0) is 18.9 Å². The highest BCUT2D eigenvalue weighted by molar-refractivity contribution is 5.32. The summed E-state index contributed by atoms with van der Waals surface area (Å²) >= 11 is 0. The molecule has 8 fully saturated rings. The molecule has 13 unspecified atom stereocenters. The van der Waals surface area contributed by atoms with Crippen LogP contribution in [0.3, 0.4) is 0 Å². The molecule has 49 heavy (non-hydrogen) atoms. The van der Waals surface area contributed by atoms with Crippen LogP contribution in [0, 0.1) is 57.2 Å². The fourth-order valence-electron chi connectivity index (χ4n) is 15.2. The average Bonchev–Trinajstić information content (AvgIpc) is 3.41. The highest BCUT2D eigenvalue weighted by Crippen LogP contribution is 2.89. The summed E-state index contributed by atoms with van der Waals surface area (Å²) in [6.07, 6.45) is 11.6. The van der Waals surface area contributed by atoms with E-state index >= 15 is 0 Å². The van der Waals surface area contributed by atoms with Crippen LogP contribution < -0.4 is 0 Å². The molecule has 3 saturated heterocycles. The van der Waals surface area contributed by atoms with Crippen molar-refractivity contribution < 1.29 is 24.1 Å². The topological polar surface area (TPSA) is 63.6 Å². The van der Waals surface area contributed by atoms with E-state index in [9.17, 15) is 5.11 Å². The number of ether oxygens (including phenoxy) is 4. The first-order valence-corrected chi connectivity index (χ1v) is 20.7. The molecule has 3 heterocycles. The number of hydrogen-bond acceptors (Lipinski definition) is 7. The summed E-state index contributed by atoms with van der Waals surface area (Å²) in [4.78, 5) is 5.11. The normalized spacial score (nSPS) is 49.2. The van der Waals surface area contributed by atoms with Gasteiger partial charge in [0.1, 0.15) is 6.10 Å². The van der Waals surface area contributed by atoms with Gasteiger partial charge >= 0.3 is 0 Å². The van der Waals surface area contributed by atoms with Crippen molar-refractivity contribution in [3.8, 4) is 0 Å². The molecule has 280 valence electrons. The molecule has 7 heteroatoms. The number of likely N-dealkylation sites (tertiary alicyclic amines) is 1. The van der Waals surface area contributed by atoms with Crippen molar-refractivity contribution in [2.24, 2.45) is 57.2 Å². The van der Waals surface area contributed by atoms with Gasteiger partial charge in [0.25, 0.3) is 0 Å². The van der Waals surface area contributed by atoms with Crippen LogP contribution in [0.1, 0.15) is 120 Å². The highest BCUT2D eigenvalue weighted by atomic mass is 16.7. The van der Waals surface area contributed by atoms with Crippen LogP contribution in [0.4, 0.5) is 0 Å². The van der Waals surface area contributed by atoms with Crippen molar-refractivity contribution >= 4 is 0 Å². The standard InChI is InChI=1S/C42H72N2O5/c1-11-46-36(39(7,8)45)31-14-12-29-32(48-31)22-30-28-13-15-33-37(3,4)34(16-17-42(33)26(2)41(28,42)19-18-40(29,30)9)49-35-25-44(20-21-47-35)38(5,6)27-23-43(10)24-27/h26-36,45H,11-25H2,1-10H3. The molecule has 3 aliphatic heterocycles. The van der Waals surface area contributed by atoms with Gasteiger partial charge in [0.05, 0.1) is 37.1 Å². The van der Waals surface area contributed by atoms with Crippen molar-refractivity contribution in [2.75, 3.05) is 46.4 Å². The first-order valence-electron chi connectivity index (χ1n) is 20.7. The van der Waals surface area contributed by atoms with E-state index < -0.39 is 5.60 Å². The Morgan fingerprint density at radius 3 is 2.33 bits per heavy atom. The highest BCUT2D eigenvalue weighted by Gasteiger charge is 2.84. The second kappa shape index (κ2) is 11.9. The van der Waals surface area contributed by atoms with E-state index in [-0.39, 0.29) is 35.6 Å². The lowest BCUT2D eigenvalue weighted by molar-refractivity contribution is -0.254. The fraction of sp³-hybridized carbons (Fsp3) is 1.00. The first-order chi connectivity index (χ1) is 23.0. The van der Waals surface area contributed by atoms with Gasteiger partial charge in [-0.15, -0.1) is 0 Å². The van der Waals surface area contributed by atoms with Gasteiger partial charge in [-0.25, -0.2) is 0 Å². The fourth-order valence-corrected chi connectivity index (χ4v) is 15.2. The summed E-state index contributed by atoms with van der Waals surface area (Å²) in [5, 5.41) is 11.0. The van der Waals surface area contributed by atoms with Crippen LogP contribution >= 0.6 is 0 Å². The summed E-state index contributed by atoms with van der Waals surface area (Å²) in [5.74, 6) is 4.46. The van der Waals surface area contributed by atoms with E-state index in [1.54, 1.807) is 0 Å². The van der Waals surface area contributed by atoms with Gasteiger partial charge in [-0.2, -0.15) is 0 Å².